The summed E-state index contributed by atoms with van der Waals surface area (Å²) in [5.41, 5.74) is -1.30. The van der Waals surface area contributed by atoms with E-state index in [9.17, 15) is 38.4 Å². The Balaban J connectivity index is 5.03. The molecule has 2 N–H and O–H groups in total. The number of carbonyl (C=O) groups excluding carboxylic acids is 8. The number of hydrogen-bond acceptors (Lipinski definition) is 14. The molecule has 0 radical (unpaired) electrons. The Morgan fingerprint density at radius 2 is 1.29 bits per heavy atom. The van der Waals surface area contributed by atoms with Crippen molar-refractivity contribution in [3.05, 3.63) is 0 Å². The third-order valence-electron chi connectivity index (χ3n) is 5.55. The van der Waals surface area contributed by atoms with E-state index in [4.69, 9.17) is 9.47 Å². The highest BCUT2D eigenvalue weighted by Crippen LogP contribution is 2.26. The zero-order chi connectivity index (χ0) is 32.3. The van der Waals surface area contributed by atoms with Gasteiger partial charge in [-0.05, 0) is 6.92 Å². The Hall–Kier alpha value is -3.69. The van der Waals surface area contributed by atoms with Gasteiger partial charge in [0.1, 0.15) is 6.61 Å². The molecule has 0 aromatic carbocycles. The van der Waals surface area contributed by atoms with Gasteiger partial charge >= 0.3 is 29.8 Å². The molecule has 238 valence electrons. The average Bonchev–Trinajstić information content (AvgIpc) is 2.96. The van der Waals surface area contributed by atoms with Crippen molar-refractivity contribution in [2.24, 2.45) is 11.3 Å². The number of ether oxygens (including phenoxy) is 5. The van der Waals surface area contributed by atoms with Gasteiger partial charge in [-0.1, -0.05) is 25.6 Å². The van der Waals surface area contributed by atoms with E-state index in [2.05, 4.69) is 24.8 Å². The van der Waals surface area contributed by atoms with Crippen LogP contribution < -0.4 is 10.6 Å². The van der Waals surface area contributed by atoms with Gasteiger partial charge in [0.25, 0.3) is 5.91 Å². The predicted octanol–water partition coefficient (Wildman–Crippen LogP) is 0.0654. The maximum atomic E-state index is 13.0. The number of methoxy groups -OCH3 is 3. The van der Waals surface area contributed by atoms with Gasteiger partial charge in [0, 0.05) is 37.1 Å². The Bertz CT molecular complexity index is 983. The van der Waals surface area contributed by atoms with Crippen LogP contribution in [0.5, 0.6) is 0 Å². The quantitative estimate of drug-likeness (QED) is 0.111. The number of amides is 2. The minimum Gasteiger partial charge on any atom is -0.469 e. The summed E-state index contributed by atoms with van der Waals surface area (Å²) < 4.78 is 24.0. The average molecular weight is 621 g/mol. The van der Waals surface area contributed by atoms with E-state index in [0.29, 0.717) is 0 Å². The first kappa shape index (κ1) is 38.3. The SMILES string of the molecule is COC(=O)CCSC(=O)CCNC(=O)CCNC(=O)C(OC(=O)CCC(=O)OC)C(C)(C)COC(=O)C(C)C(=O)OC. The van der Waals surface area contributed by atoms with E-state index in [1.165, 1.54) is 27.9 Å². The molecule has 2 unspecified atom stereocenters. The van der Waals surface area contributed by atoms with Crippen LogP contribution in [-0.2, 0) is 62.0 Å². The summed E-state index contributed by atoms with van der Waals surface area (Å²) in [6.45, 7) is 3.71. The lowest BCUT2D eigenvalue weighted by Gasteiger charge is -2.32. The van der Waals surface area contributed by atoms with Crippen molar-refractivity contribution in [1.29, 1.82) is 0 Å². The highest BCUT2D eigenvalue weighted by Gasteiger charge is 2.40. The summed E-state index contributed by atoms with van der Waals surface area (Å²) in [7, 11) is 3.51. The molecule has 42 heavy (non-hydrogen) atoms. The molecule has 0 aromatic heterocycles. The van der Waals surface area contributed by atoms with Gasteiger partial charge in [-0.2, -0.15) is 0 Å². The lowest BCUT2D eigenvalue weighted by atomic mass is 9.86. The number of esters is 5. The Morgan fingerprint density at radius 3 is 1.88 bits per heavy atom. The first-order valence-corrected chi connectivity index (χ1v) is 13.9. The van der Waals surface area contributed by atoms with Gasteiger partial charge in [0.2, 0.25) is 5.91 Å². The van der Waals surface area contributed by atoms with Crippen molar-refractivity contribution in [1.82, 2.24) is 10.6 Å². The van der Waals surface area contributed by atoms with E-state index in [1.807, 2.05) is 0 Å². The first-order valence-electron chi connectivity index (χ1n) is 13.0. The van der Waals surface area contributed by atoms with Gasteiger partial charge in [-0.25, -0.2) is 0 Å². The molecule has 0 aromatic rings. The van der Waals surface area contributed by atoms with Crippen LogP contribution in [0, 0.1) is 11.3 Å². The molecular weight excluding hydrogens is 580 g/mol. The van der Waals surface area contributed by atoms with Crippen molar-refractivity contribution >= 4 is 58.5 Å². The standard InChI is InChI=1S/C26H40N2O13S/c1-16(24(35)39-6)25(36)40-15-26(2,3)22(41-20(32)8-7-18(30)37-4)23(34)28-12-9-17(29)27-13-10-21(33)42-14-11-19(31)38-5/h16,22H,7-15H2,1-6H3,(H,27,29)(H,28,34). The van der Waals surface area contributed by atoms with Crippen LogP contribution in [0.25, 0.3) is 0 Å². The maximum Gasteiger partial charge on any atom is 0.320 e. The molecule has 0 saturated heterocycles. The van der Waals surface area contributed by atoms with Crippen molar-refractivity contribution in [3.63, 3.8) is 0 Å². The second kappa shape index (κ2) is 20.2. The second-order valence-corrected chi connectivity index (χ2v) is 10.6. The van der Waals surface area contributed by atoms with Crippen molar-refractivity contribution in [2.45, 2.75) is 59.0 Å². The number of hydrogen-bond donors (Lipinski definition) is 2. The molecule has 0 heterocycles. The largest absolute Gasteiger partial charge is 0.469 e. The minimum absolute atomic E-state index is 0.0367. The molecule has 0 aliphatic carbocycles. The van der Waals surface area contributed by atoms with E-state index in [-0.39, 0.29) is 56.1 Å². The Morgan fingerprint density at radius 1 is 0.714 bits per heavy atom. The third-order valence-corrected chi connectivity index (χ3v) is 6.49. The molecule has 0 rings (SSSR count). The smallest absolute Gasteiger partial charge is 0.320 e. The van der Waals surface area contributed by atoms with E-state index < -0.39 is 65.7 Å². The highest BCUT2D eigenvalue weighted by molar-refractivity contribution is 8.13. The molecule has 2 amide bonds. The fourth-order valence-corrected chi connectivity index (χ4v) is 3.74. The number of rotatable bonds is 19. The molecule has 0 saturated carbocycles. The summed E-state index contributed by atoms with van der Waals surface area (Å²) >= 11 is 0.950. The van der Waals surface area contributed by atoms with Crippen LogP contribution in [0.2, 0.25) is 0 Å². The highest BCUT2D eigenvalue weighted by atomic mass is 32.2. The van der Waals surface area contributed by atoms with E-state index in [1.54, 1.807) is 0 Å². The summed E-state index contributed by atoms with van der Waals surface area (Å²) in [5.74, 6) is -5.94. The number of thioether (sulfide) groups is 1. The summed E-state index contributed by atoms with van der Waals surface area (Å²) in [4.78, 5) is 95.6. The van der Waals surface area contributed by atoms with Crippen LogP contribution in [0.4, 0.5) is 0 Å². The Labute approximate surface area is 248 Å². The molecule has 0 bridgehead atoms. The van der Waals surface area contributed by atoms with Crippen molar-refractivity contribution < 1.29 is 62.0 Å². The zero-order valence-corrected chi connectivity index (χ0v) is 25.6. The van der Waals surface area contributed by atoms with Gasteiger partial charge in [0.15, 0.2) is 17.1 Å². The monoisotopic (exact) mass is 620 g/mol. The number of nitrogens with one attached hydrogen (secondary N) is 2. The van der Waals surface area contributed by atoms with Gasteiger partial charge in [-0.3, -0.25) is 38.4 Å². The fourth-order valence-electron chi connectivity index (χ4n) is 3.00. The van der Waals surface area contributed by atoms with Crippen LogP contribution in [-0.4, -0.2) is 99.7 Å². The van der Waals surface area contributed by atoms with Crippen LogP contribution in [0.1, 0.15) is 52.9 Å². The van der Waals surface area contributed by atoms with E-state index in [0.717, 1.165) is 26.0 Å². The first-order chi connectivity index (χ1) is 19.7. The van der Waals surface area contributed by atoms with Crippen LogP contribution >= 0.6 is 11.8 Å². The fraction of sp³-hybridized carbons (Fsp3) is 0.692. The predicted molar refractivity (Wildman–Crippen MR) is 146 cm³/mol. The lowest BCUT2D eigenvalue weighted by molar-refractivity contribution is -0.172. The zero-order valence-electron chi connectivity index (χ0n) is 24.7. The molecule has 0 spiro atoms. The number of carbonyl (C=O) groups is 8. The van der Waals surface area contributed by atoms with Crippen molar-refractivity contribution in [3.8, 4) is 0 Å². The molecule has 2 atom stereocenters. The van der Waals surface area contributed by atoms with Crippen LogP contribution in [0.15, 0.2) is 0 Å². The molecule has 16 heteroatoms. The van der Waals surface area contributed by atoms with Crippen molar-refractivity contribution in [2.75, 3.05) is 46.8 Å². The molecule has 0 aliphatic rings. The summed E-state index contributed by atoms with van der Waals surface area (Å²) in [5, 5.41) is 4.81. The minimum atomic E-state index is -1.51. The molecule has 0 fully saturated rings. The van der Waals surface area contributed by atoms with E-state index >= 15 is 0 Å². The topological polar surface area (TPSA) is 207 Å². The third kappa shape index (κ3) is 15.9. The summed E-state index contributed by atoms with van der Waals surface area (Å²) in [6, 6.07) is 0. The van der Waals surface area contributed by atoms with Gasteiger partial charge in [-0.15, -0.1) is 0 Å². The molecule has 0 aliphatic heterocycles. The Kier molecular flexibility index (Phi) is 18.5. The maximum absolute atomic E-state index is 13.0. The van der Waals surface area contributed by atoms with Crippen LogP contribution in [0.3, 0.4) is 0 Å². The normalized spacial score (nSPS) is 12.1. The van der Waals surface area contributed by atoms with Gasteiger partial charge < -0.3 is 34.3 Å². The lowest BCUT2D eigenvalue weighted by Crippen LogP contribution is -2.49. The second-order valence-electron chi connectivity index (χ2n) is 9.47. The molecule has 15 nitrogen and oxygen atoms in total. The van der Waals surface area contributed by atoms with Gasteiger partial charge in [0.05, 0.1) is 40.6 Å². The summed E-state index contributed by atoms with van der Waals surface area (Å²) in [6.07, 6.45) is -2.21. The molecular formula is C26H40N2O13S.